The molecule has 0 aliphatic heterocycles. The van der Waals surface area contributed by atoms with Gasteiger partial charge in [0.25, 0.3) is 0 Å². The first kappa shape index (κ1) is 20.4. The van der Waals surface area contributed by atoms with Crippen molar-refractivity contribution in [3.8, 4) is 0 Å². The third-order valence-electron chi connectivity index (χ3n) is 2.59. The van der Waals surface area contributed by atoms with Gasteiger partial charge in [-0.1, -0.05) is 20.3 Å². The van der Waals surface area contributed by atoms with Crippen LogP contribution in [0.15, 0.2) is 0 Å². The zero-order chi connectivity index (χ0) is 16.1. The van der Waals surface area contributed by atoms with E-state index in [0.29, 0.717) is 12.3 Å². The van der Waals surface area contributed by atoms with Gasteiger partial charge in [0.2, 0.25) is 0 Å². The van der Waals surface area contributed by atoms with E-state index < -0.39 is 12.2 Å². The first-order valence-electron chi connectivity index (χ1n) is 7.26. The van der Waals surface area contributed by atoms with Gasteiger partial charge in [0, 0.05) is 12.3 Å². The molecule has 0 saturated carbocycles. The summed E-state index contributed by atoms with van der Waals surface area (Å²) in [6.45, 7) is 6.58. The fraction of sp³-hybridized carbons (Fsp3) is 0.857. The average Bonchev–Trinajstić information content (AvgIpc) is 2.45. The van der Waals surface area contributed by atoms with Crippen molar-refractivity contribution < 1.29 is 19.1 Å². The van der Waals surface area contributed by atoms with E-state index in [1.165, 1.54) is 11.8 Å². The number of amides is 1. The molecular formula is C14H27NO4S2. The molecule has 0 aromatic heterocycles. The standard InChI is InChI=1S/C14H27NO4S2/c1-5-7-8-15-14(17)19-12(10-20-4)9-18-13(16)11(3)21-6-2/h11-12H,5-10H2,1-4H3,(H,15,17). The number of ether oxygens (including phenoxy) is 2. The van der Waals surface area contributed by atoms with Gasteiger partial charge >= 0.3 is 12.1 Å². The molecule has 2 atom stereocenters. The Labute approximate surface area is 136 Å². The molecule has 21 heavy (non-hydrogen) atoms. The molecule has 0 radical (unpaired) electrons. The van der Waals surface area contributed by atoms with Crippen molar-refractivity contribution in [2.24, 2.45) is 0 Å². The highest BCUT2D eigenvalue weighted by atomic mass is 32.2. The van der Waals surface area contributed by atoms with Gasteiger partial charge in [-0.3, -0.25) is 4.79 Å². The molecule has 0 rings (SSSR count). The largest absolute Gasteiger partial charge is 0.461 e. The number of unbranched alkanes of at least 4 members (excludes halogenated alkanes) is 1. The second-order valence-corrected chi connectivity index (χ2v) is 7.02. The number of hydrogen-bond donors (Lipinski definition) is 1. The number of carbonyl (C=O) groups is 2. The van der Waals surface area contributed by atoms with Crippen LogP contribution in [0.2, 0.25) is 0 Å². The SMILES string of the molecule is CCCCNC(=O)OC(COC(=O)C(C)SCC)CSC. The molecule has 0 aromatic rings. The second kappa shape index (κ2) is 13.1. The van der Waals surface area contributed by atoms with Crippen LogP contribution in [-0.4, -0.2) is 54.3 Å². The first-order valence-corrected chi connectivity index (χ1v) is 9.71. The molecule has 0 heterocycles. The minimum atomic E-state index is -0.450. The van der Waals surface area contributed by atoms with Crippen molar-refractivity contribution in [3.63, 3.8) is 0 Å². The Hall–Kier alpha value is -0.560. The van der Waals surface area contributed by atoms with Crippen LogP contribution < -0.4 is 5.32 Å². The van der Waals surface area contributed by atoms with Gasteiger partial charge in [-0.2, -0.15) is 11.8 Å². The van der Waals surface area contributed by atoms with Crippen molar-refractivity contribution in [2.75, 3.05) is 30.9 Å². The monoisotopic (exact) mass is 337 g/mol. The summed E-state index contributed by atoms with van der Waals surface area (Å²) in [5, 5.41) is 2.50. The highest BCUT2D eigenvalue weighted by Gasteiger charge is 2.19. The van der Waals surface area contributed by atoms with Crippen molar-refractivity contribution in [2.45, 2.75) is 45.0 Å². The molecule has 1 N–H and O–H groups in total. The first-order chi connectivity index (χ1) is 10.0. The van der Waals surface area contributed by atoms with E-state index in [4.69, 9.17) is 9.47 Å². The van der Waals surface area contributed by atoms with E-state index in [2.05, 4.69) is 12.2 Å². The van der Waals surface area contributed by atoms with Crippen molar-refractivity contribution in [1.29, 1.82) is 0 Å². The Morgan fingerprint density at radius 1 is 1.29 bits per heavy atom. The molecule has 0 fully saturated rings. The predicted octanol–water partition coefficient (Wildman–Crippen LogP) is 2.93. The molecule has 5 nitrogen and oxygen atoms in total. The Kier molecular flexibility index (Phi) is 12.8. The highest BCUT2D eigenvalue weighted by molar-refractivity contribution is 8.00. The fourth-order valence-electron chi connectivity index (χ4n) is 1.47. The van der Waals surface area contributed by atoms with E-state index in [-0.39, 0.29) is 17.8 Å². The third kappa shape index (κ3) is 10.8. The van der Waals surface area contributed by atoms with Crippen LogP contribution in [-0.2, 0) is 14.3 Å². The molecule has 0 bridgehead atoms. The summed E-state index contributed by atoms with van der Waals surface area (Å²) in [6, 6.07) is 0. The fourth-order valence-corrected chi connectivity index (χ4v) is 2.71. The summed E-state index contributed by atoms with van der Waals surface area (Å²) in [4.78, 5) is 23.3. The summed E-state index contributed by atoms with van der Waals surface area (Å²) >= 11 is 3.08. The predicted molar refractivity (Wildman–Crippen MR) is 90.1 cm³/mol. The van der Waals surface area contributed by atoms with E-state index in [9.17, 15) is 9.59 Å². The number of rotatable bonds is 11. The molecule has 124 valence electrons. The minimum absolute atomic E-state index is 0.107. The summed E-state index contributed by atoms with van der Waals surface area (Å²) in [6.07, 6.45) is 2.99. The van der Waals surface area contributed by atoms with E-state index >= 15 is 0 Å². The molecular weight excluding hydrogens is 310 g/mol. The average molecular weight is 338 g/mol. The zero-order valence-corrected chi connectivity index (χ0v) is 15.0. The van der Waals surface area contributed by atoms with Crippen LogP contribution >= 0.6 is 23.5 Å². The maximum Gasteiger partial charge on any atom is 0.407 e. The lowest BCUT2D eigenvalue weighted by atomic mass is 10.3. The smallest absolute Gasteiger partial charge is 0.407 e. The van der Waals surface area contributed by atoms with Crippen LogP contribution in [0, 0.1) is 0 Å². The summed E-state index contributed by atoms with van der Waals surface area (Å²) in [7, 11) is 0. The summed E-state index contributed by atoms with van der Waals surface area (Å²) in [5.74, 6) is 1.20. The second-order valence-electron chi connectivity index (χ2n) is 4.49. The van der Waals surface area contributed by atoms with Gasteiger partial charge in [0.15, 0.2) is 0 Å². The Balaban J connectivity index is 4.11. The lowest BCUT2D eigenvalue weighted by Crippen LogP contribution is -2.34. The quantitative estimate of drug-likeness (QED) is 0.462. The molecule has 0 spiro atoms. The maximum absolute atomic E-state index is 11.7. The van der Waals surface area contributed by atoms with Crippen LogP contribution in [0.25, 0.3) is 0 Å². The van der Waals surface area contributed by atoms with Crippen molar-refractivity contribution in [3.05, 3.63) is 0 Å². The molecule has 2 unspecified atom stereocenters. The van der Waals surface area contributed by atoms with Gasteiger partial charge < -0.3 is 14.8 Å². The number of carbonyl (C=O) groups excluding carboxylic acids is 2. The number of alkyl carbamates (subject to hydrolysis) is 1. The van der Waals surface area contributed by atoms with E-state index in [1.807, 2.05) is 20.1 Å². The molecule has 0 saturated heterocycles. The molecule has 0 aromatic carbocycles. The summed E-state index contributed by atoms with van der Waals surface area (Å²) in [5.41, 5.74) is 0. The van der Waals surface area contributed by atoms with Crippen molar-refractivity contribution >= 4 is 35.6 Å². The van der Waals surface area contributed by atoms with Crippen LogP contribution in [0.4, 0.5) is 4.79 Å². The topological polar surface area (TPSA) is 64.6 Å². The molecule has 0 aliphatic carbocycles. The number of hydrogen-bond acceptors (Lipinski definition) is 6. The lowest BCUT2D eigenvalue weighted by Gasteiger charge is -2.18. The zero-order valence-electron chi connectivity index (χ0n) is 13.3. The van der Waals surface area contributed by atoms with E-state index in [1.54, 1.807) is 11.8 Å². The van der Waals surface area contributed by atoms with Gasteiger partial charge in [-0.05, 0) is 25.4 Å². The van der Waals surface area contributed by atoms with Gasteiger partial charge in [-0.25, -0.2) is 4.79 Å². The van der Waals surface area contributed by atoms with Gasteiger partial charge in [0.1, 0.15) is 12.7 Å². The van der Waals surface area contributed by atoms with Gasteiger partial charge in [-0.15, -0.1) is 11.8 Å². The number of esters is 1. The Morgan fingerprint density at radius 2 is 2.00 bits per heavy atom. The Bertz CT molecular complexity index is 303. The normalized spacial score (nSPS) is 13.3. The van der Waals surface area contributed by atoms with Gasteiger partial charge in [0.05, 0.1) is 5.25 Å². The molecule has 7 heteroatoms. The molecule has 0 aliphatic rings. The van der Waals surface area contributed by atoms with Crippen LogP contribution in [0.1, 0.15) is 33.6 Å². The van der Waals surface area contributed by atoms with Crippen molar-refractivity contribution in [1.82, 2.24) is 5.32 Å². The number of nitrogens with one attached hydrogen (secondary N) is 1. The summed E-state index contributed by atoms with van der Waals surface area (Å²) < 4.78 is 10.5. The lowest BCUT2D eigenvalue weighted by molar-refractivity contribution is -0.145. The number of thioether (sulfide) groups is 2. The molecule has 1 amide bonds. The van der Waals surface area contributed by atoms with Crippen LogP contribution in [0.5, 0.6) is 0 Å². The highest BCUT2D eigenvalue weighted by Crippen LogP contribution is 2.12. The van der Waals surface area contributed by atoms with E-state index in [0.717, 1.165) is 18.6 Å². The van der Waals surface area contributed by atoms with Crippen LogP contribution in [0.3, 0.4) is 0 Å². The minimum Gasteiger partial charge on any atom is -0.461 e. The third-order valence-corrected chi connectivity index (χ3v) is 4.32. The maximum atomic E-state index is 11.7. The Morgan fingerprint density at radius 3 is 2.57 bits per heavy atom.